The molecule has 0 aliphatic heterocycles. The van der Waals surface area contributed by atoms with Gasteiger partial charge in [-0.05, 0) is 36.8 Å². The highest BCUT2D eigenvalue weighted by Gasteiger charge is 2.20. The molecule has 0 radical (unpaired) electrons. The van der Waals surface area contributed by atoms with Crippen LogP contribution in [0.2, 0.25) is 10.0 Å². The topological polar surface area (TPSA) is 101 Å². The monoisotopic (exact) mass is 516 g/mol. The lowest BCUT2D eigenvalue weighted by molar-refractivity contribution is 0.102. The summed E-state index contributed by atoms with van der Waals surface area (Å²) < 4.78 is 27.1. The Bertz CT molecular complexity index is 1190. The van der Waals surface area contributed by atoms with E-state index in [2.05, 4.69) is 20.2 Å². The van der Waals surface area contributed by atoms with E-state index in [1.54, 1.807) is 42.1 Å². The summed E-state index contributed by atoms with van der Waals surface area (Å²) in [4.78, 5) is 12.3. The molecule has 0 bridgehead atoms. The standard InChI is InChI=1S/C19H18Cl2N4O3S3/c1-12-3-2-4-14(9-12)17(26)23-18-24-25-19(30-18)31(27,28)22-7-8-29-11-13-5-6-15(20)16(21)10-13/h2-6,9-10,22H,7-8,11H2,1H3,(H,23,24,26). The third-order valence-corrected chi connectivity index (χ3v) is 8.36. The Morgan fingerprint density at radius 2 is 1.94 bits per heavy atom. The molecule has 1 amide bonds. The van der Waals surface area contributed by atoms with Gasteiger partial charge in [-0.15, -0.1) is 10.2 Å². The van der Waals surface area contributed by atoms with Crippen LogP contribution in [0.1, 0.15) is 21.5 Å². The van der Waals surface area contributed by atoms with Crippen LogP contribution in [0.25, 0.3) is 0 Å². The molecule has 0 atom stereocenters. The van der Waals surface area contributed by atoms with E-state index in [1.807, 2.05) is 19.1 Å². The van der Waals surface area contributed by atoms with E-state index in [4.69, 9.17) is 23.2 Å². The number of anilines is 1. The maximum absolute atomic E-state index is 12.4. The number of hydrogen-bond donors (Lipinski definition) is 2. The zero-order chi connectivity index (χ0) is 22.4. The van der Waals surface area contributed by atoms with Crippen molar-refractivity contribution in [3.63, 3.8) is 0 Å². The number of nitrogens with one attached hydrogen (secondary N) is 2. The van der Waals surface area contributed by atoms with Gasteiger partial charge in [-0.2, -0.15) is 11.8 Å². The third kappa shape index (κ3) is 6.90. The molecule has 0 unspecified atom stereocenters. The highest BCUT2D eigenvalue weighted by Crippen LogP contribution is 2.25. The number of hydrogen-bond acceptors (Lipinski definition) is 7. The number of thioether (sulfide) groups is 1. The number of benzene rings is 2. The minimum Gasteiger partial charge on any atom is -0.296 e. The van der Waals surface area contributed by atoms with Crippen LogP contribution >= 0.6 is 46.3 Å². The average Bonchev–Trinajstić information content (AvgIpc) is 3.20. The van der Waals surface area contributed by atoms with Gasteiger partial charge < -0.3 is 0 Å². The van der Waals surface area contributed by atoms with Gasteiger partial charge in [0.25, 0.3) is 15.9 Å². The molecule has 0 aliphatic carbocycles. The van der Waals surface area contributed by atoms with Gasteiger partial charge in [0.2, 0.25) is 9.47 Å². The van der Waals surface area contributed by atoms with Crippen LogP contribution in [0.15, 0.2) is 46.8 Å². The summed E-state index contributed by atoms with van der Waals surface area (Å²) in [6, 6.07) is 12.4. The van der Waals surface area contributed by atoms with Crippen molar-refractivity contribution in [2.24, 2.45) is 0 Å². The van der Waals surface area contributed by atoms with Gasteiger partial charge >= 0.3 is 0 Å². The molecule has 2 aromatic carbocycles. The summed E-state index contributed by atoms with van der Waals surface area (Å²) in [6.07, 6.45) is 0. The van der Waals surface area contributed by atoms with E-state index in [0.717, 1.165) is 22.5 Å². The van der Waals surface area contributed by atoms with Crippen molar-refractivity contribution in [2.75, 3.05) is 17.6 Å². The van der Waals surface area contributed by atoms with Crippen molar-refractivity contribution < 1.29 is 13.2 Å². The van der Waals surface area contributed by atoms with E-state index < -0.39 is 10.0 Å². The zero-order valence-electron chi connectivity index (χ0n) is 16.3. The minimum absolute atomic E-state index is 0.112. The predicted molar refractivity (Wildman–Crippen MR) is 127 cm³/mol. The highest BCUT2D eigenvalue weighted by atomic mass is 35.5. The van der Waals surface area contributed by atoms with E-state index in [0.29, 0.717) is 27.1 Å². The van der Waals surface area contributed by atoms with Gasteiger partial charge in [0.05, 0.1) is 10.0 Å². The molecule has 2 N–H and O–H groups in total. The van der Waals surface area contributed by atoms with Crippen molar-refractivity contribution in [1.82, 2.24) is 14.9 Å². The lowest BCUT2D eigenvalue weighted by Gasteiger charge is -2.05. The average molecular weight is 517 g/mol. The number of carbonyl (C=O) groups excluding carboxylic acids is 1. The van der Waals surface area contributed by atoms with Gasteiger partial charge in [0.1, 0.15) is 0 Å². The molecule has 164 valence electrons. The van der Waals surface area contributed by atoms with Gasteiger partial charge in [-0.1, -0.05) is 58.3 Å². The van der Waals surface area contributed by atoms with Crippen LogP contribution in [0.3, 0.4) is 0 Å². The number of aromatic nitrogens is 2. The Hall–Kier alpha value is -1.69. The van der Waals surface area contributed by atoms with Crippen molar-refractivity contribution in [3.05, 3.63) is 69.2 Å². The number of nitrogens with zero attached hydrogens (tertiary/aromatic N) is 2. The molecular weight excluding hydrogens is 499 g/mol. The first kappa shape index (κ1) is 24.0. The van der Waals surface area contributed by atoms with Gasteiger partial charge in [0.15, 0.2) is 0 Å². The molecule has 3 rings (SSSR count). The van der Waals surface area contributed by atoms with Crippen molar-refractivity contribution in [1.29, 1.82) is 0 Å². The lowest BCUT2D eigenvalue weighted by Crippen LogP contribution is -2.26. The fraction of sp³-hybridized carbons (Fsp3) is 0.211. The molecular formula is C19H18Cl2N4O3S3. The summed E-state index contributed by atoms with van der Waals surface area (Å²) in [5.74, 6) is 0.845. The summed E-state index contributed by atoms with van der Waals surface area (Å²) in [5.41, 5.74) is 2.39. The van der Waals surface area contributed by atoms with Crippen LogP contribution < -0.4 is 10.0 Å². The van der Waals surface area contributed by atoms with Crippen molar-refractivity contribution in [2.45, 2.75) is 17.0 Å². The summed E-state index contributed by atoms with van der Waals surface area (Å²) in [7, 11) is -3.81. The largest absolute Gasteiger partial charge is 0.296 e. The summed E-state index contributed by atoms with van der Waals surface area (Å²) >= 11 is 14.2. The molecule has 0 spiro atoms. The Balaban J connectivity index is 1.48. The number of aryl methyl sites for hydroxylation is 1. The fourth-order valence-corrected chi connectivity index (χ4v) is 5.68. The molecule has 0 saturated heterocycles. The molecule has 0 saturated carbocycles. The van der Waals surface area contributed by atoms with E-state index in [1.165, 1.54) is 0 Å². The predicted octanol–water partition coefficient (Wildman–Crippen LogP) is 4.62. The van der Waals surface area contributed by atoms with E-state index >= 15 is 0 Å². The number of sulfonamides is 1. The Morgan fingerprint density at radius 1 is 1.13 bits per heavy atom. The van der Waals surface area contributed by atoms with Crippen molar-refractivity contribution in [3.8, 4) is 0 Å². The van der Waals surface area contributed by atoms with Crippen LogP contribution in [0.4, 0.5) is 5.13 Å². The second-order valence-corrected chi connectivity index (χ2v) is 11.2. The fourth-order valence-electron chi connectivity index (χ4n) is 2.45. The maximum Gasteiger partial charge on any atom is 0.269 e. The van der Waals surface area contributed by atoms with Crippen LogP contribution in [-0.2, 0) is 15.8 Å². The van der Waals surface area contributed by atoms with E-state index in [-0.39, 0.29) is 21.9 Å². The summed E-state index contributed by atoms with van der Waals surface area (Å²) in [6.45, 7) is 2.10. The molecule has 1 heterocycles. The van der Waals surface area contributed by atoms with Gasteiger partial charge in [0, 0.05) is 23.6 Å². The van der Waals surface area contributed by atoms with Crippen LogP contribution in [0, 0.1) is 6.92 Å². The molecule has 0 aliphatic rings. The molecule has 7 nitrogen and oxygen atoms in total. The van der Waals surface area contributed by atoms with E-state index in [9.17, 15) is 13.2 Å². The molecule has 1 aromatic heterocycles. The SMILES string of the molecule is Cc1cccc(C(=O)Nc2nnc(S(=O)(=O)NCCSCc3ccc(Cl)c(Cl)c3)s2)c1. The second kappa shape index (κ2) is 10.8. The molecule has 0 fully saturated rings. The quantitative estimate of drug-likeness (QED) is 0.318. The van der Waals surface area contributed by atoms with Crippen molar-refractivity contribution >= 4 is 67.4 Å². The Morgan fingerprint density at radius 3 is 2.68 bits per heavy atom. The first-order valence-electron chi connectivity index (χ1n) is 8.97. The molecule has 31 heavy (non-hydrogen) atoms. The highest BCUT2D eigenvalue weighted by molar-refractivity contribution is 7.98. The third-order valence-electron chi connectivity index (χ3n) is 3.93. The van der Waals surface area contributed by atoms with Gasteiger partial charge in [-0.25, -0.2) is 13.1 Å². The second-order valence-electron chi connectivity index (χ2n) is 6.40. The van der Waals surface area contributed by atoms with Crippen LogP contribution in [0.5, 0.6) is 0 Å². The molecule has 12 heteroatoms. The Labute approximate surface area is 198 Å². The zero-order valence-corrected chi connectivity index (χ0v) is 20.2. The van der Waals surface area contributed by atoms with Gasteiger partial charge in [-0.3, -0.25) is 10.1 Å². The number of amides is 1. The number of halogens is 2. The number of rotatable bonds is 9. The molecule has 3 aromatic rings. The first-order chi connectivity index (χ1) is 14.7. The first-order valence-corrected chi connectivity index (χ1v) is 13.2. The maximum atomic E-state index is 12.4. The Kier molecular flexibility index (Phi) is 8.31. The summed E-state index contributed by atoms with van der Waals surface area (Å²) in [5, 5.41) is 11.1. The smallest absolute Gasteiger partial charge is 0.269 e. The van der Waals surface area contributed by atoms with Crippen LogP contribution in [-0.4, -0.2) is 36.8 Å². The number of carbonyl (C=O) groups is 1. The normalized spacial score (nSPS) is 11.5. The minimum atomic E-state index is -3.81. The lowest BCUT2D eigenvalue weighted by atomic mass is 10.1.